The van der Waals surface area contributed by atoms with Gasteiger partial charge in [0.2, 0.25) is 5.75 Å². The van der Waals surface area contributed by atoms with Crippen molar-refractivity contribution in [2.75, 3.05) is 20.0 Å². The van der Waals surface area contributed by atoms with Crippen LogP contribution in [-0.2, 0) is 0 Å². The number of carbonyl (C=O) groups is 1. The second-order valence-electron chi connectivity index (χ2n) is 5.68. The topological polar surface area (TPSA) is 81.8 Å². The number of nitrogens with two attached hydrogens (primary N) is 1. The van der Waals surface area contributed by atoms with Crippen LogP contribution < -0.4 is 15.2 Å². The molecule has 0 unspecified atom stereocenters. The number of allylic oxidation sites excluding steroid dienone is 4. The van der Waals surface area contributed by atoms with E-state index >= 15 is 0 Å². The fourth-order valence-electron chi connectivity index (χ4n) is 2.79. The van der Waals surface area contributed by atoms with Gasteiger partial charge in [-0.25, -0.2) is 0 Å². The van der Waals surface area contributed by atoms with Crippen LogP contribution in [0.2, 0.25) is 0 Å². The minimum atomic E-state index is -0.262. The van der Waals surface area contributed by atoms with Crippen LogP contribution in [0.3, 0.4) is 0 Å². The van der Waals surface area contributed by atoms with Gasteiger partial charge in [0.15, 0.2) is 17.3 Å². The number of hydrogen-bond donors (Lipinski definition) is 2. The number of benzene rings is 2. The van der Waals surface area contributed by atoms with Crippen molar-refractivity contribution in [3.63, 3.8) is 0 Å². The molecule has 25 heavy (non-hydrogen) atoms. The van der Waals surface area contributed by atoms with Gasteiger partial charge in [-0.15, -0.1) is 0 Å². The largest absolute Gasteiger partial charge is 0.502 e. The zero-order valence-electron chi connectivity index (χ0n) is 14.1. The number of carbonyl (C=O) groups excluding carboxylic acids is 1. The van der Waals surface area contributed by atoms with Crippen LogP contribution >= 0.6 is 0 Å². The molecule has 128 valence electrons. The number of rotatable bonds is 5. The van der Waals surface area contributed by atoms with E-state index in [4.69, 9.17) is 15.2 Å². The summed E-state index contributed by atoms with van der Waals surface area (Å²) in [5.74, 6) is -0.0757. The highest BCUT2D eigenvalue weighted by molar-refractivity contribution is 6.13. The smallest absolute Gasteiger partial charge is 0.200 e. The highest BCUT2D eigenvalue weighted by Crippen LogP contribution is 2.38. The molecule has 0 saturated heterocycles. The predicted octanol–water partition coefficient (Wildman–Crippen LogP) is 3.57. The molecular formula is C20H19NO4. The number of methoxy groups -OCH3 is 2. The van der Waals surface area contributed by atoms with E-state index < -0.39 is 0 Å². The molecule has 0 bridgehead atoms. The number of anilines is 1. The molecule has 2 aromatic carbocycles. The molecule has 0 fully saturated rings. The average molecular weight is 337 g/mol. The lowest BCUT2D eigenvalue weighted by Gasteiger charge is -2.12. The average Bonchev–Trinajstić information content (AvgIpc) is 3.16. The standard InChI is InChI=1S/C20H19NO4/c1-24-17-10-14(11-18(25-2)20(17)23)19(22)15-9-13(7-8-16(15)21)12-5-3-4-6-12/h3-5,7-11,23H,6,21H2,1-2H3. The summed E-state index contributed by atoms with van der Waals surface area (Å²) in [5.41, 5.74) is 9.25. The molecule has 1 aliphatic carbocycles. The van der Waals surface area contributed by atoms with Gasteiger partial charge in [0.1, 0.15) is 0 Å². The van der Waals surface area contributed by atoms with Gasteiger partial charge >= 0.3 is 0 Å². The van der Waals surface area contributed by atoms with E-state index in [0.29, 0.717) is 16.8 Å². The lowest BCUT2D eigenvalue weighted by atomic mass is 9.96. The van der Waals surface area contributed by atoms with Crippen LogP contribution in [0.5, 0.6) is 17.2 Å². The van der Waals surface area contributed by atoms with Crippen molar-refractivity contribution in [2.24, 2.45) is 0 Å². The molecule has 2 aromatic rings. The van der Waals surface area contributed by atoms with Gasteiger partial charge in [0.05, 0.1) is 14.2 Å². The Balaban J connectivity index is 2.05. The maximum atomic E-state index is 13.0. The summed E-state index contributed by atoms with van der Waals surface area (Å²) in [6.07, 6.45) is 6.90. The van der Waals surface area contributed by atoms with Crippen molar-refractivity contribution in [3.8, 4) is 17.2 Å². The number of aromatic hydroxyl groups is 1. The van der Waals surface area contributed by atoms with Crippen molar-refractivity contribution in [3.05, 3.63) is 65.3 Å². The van der Waals surface area contributed by atoms with Crippen molar-refractivity contribution < 1.29 is 19.4 Å². The molecular weight excluding hydrogens is 318 g/mol. The highest BCUT2D eigenvalue weighted by atomic mass is 16.5. The first-order valence-electron chi connectivity index (χ1n) is 7.80. The summed E-state index contributed by atoms with van der Waals surface area (Å²) in [7, 11) is 2.83. The first-order chi connectivity index (χ1) is 12.0. The predicted molar refractivity (Wildman–Crippen MR) is 97.2 cm³/mol. The lowest BCUT2D eigenvalue weighted by Crippen LogP contribution is -2.07. The minimum Gasteiger partial charge on any atom is -0.502 e. The highest BCUT2D eigenvalue weighted by Gasteiger charge is 2.19. The third kappa shape index (κ3) is 3.08. The normalized spacial score (nSPS) is 12.8. The third-order valence-electron chi connectivity index (χ3n) is 4.18. The molecule has 0 radical (unpaired) electrons. The summed E-state index contributed by atoms with van der Waals surface area (Å²) in [5, 5.41) is 10.0. The van der Waals surface area contributed by atoms with Gasteiger partial charge in [-0.3, -0.25) is 4.79 Å². The lowest BCUT2D eigenvalue weighted by molar-refractivity contribution is 0.103. The van der Waals surface area contributed by atoms with E-state index in [2.05, 4.69) is 6.08 Å². The molecule has 3 rings (SSSR count). The Labute approximate surface area is 146 Å². The second kappa shape index (κ2) is 6.73. The Morgan fingerprint density at radius 2 is 1.80 bits per heavy atom. The number of phenols is 1. The zero-order chi connectivity index (χ0) is 18.0. The van der Waals surface area contributed by atoms with Gasteiger partial charge in [-0.1, -0.05) is 24.3 Å². The molecule has 1 aliphatic rings. The number of nitrogen functional groups attached to an aromatic ring is 1. The van der Waals surface area contributed by atoms with Crippen LogP contribution in [0.4, 0.5) is 5.69 Å². The fraction of sp³-hybridized carbons (Fsp3) is 0.150. The number of ketones is 1. The molecule has 0 amide bonds. The molecule has 0 saturated carbocycles. The molecule has 0 aromatic heterocycles. The van der Waals surface area contributed by atoms with E-state index in [0.717, 1.165) is 17.6 Å². The van der Waals surface area contributed by atoms with Gasteiger partial charge < -0.3 is 20.3 Å². The maximum Gasteiger partial charge on any atom is 0.200 e. The molecule has 0 atom stereocenters. The Morgan fingerprint density at radius 3 is 2.36 bits per heavy atom. The van der Waals surface area contributed by atoms with E-state index in [9.17, 15) is 9.90 Å². The molecule has 0 spiro atoms. The van der Waals surface area contributed by atoms with Crippen LogP contribution in [0.25, 0.3) is 5.57 Å². The van der Waals surface area contributed by atoms with E-state index in [1.165, 1.54) is 26.4 Å². The Kier molecular flexibility index (Phi) is 4.48. The van der Waals surface area contributed by atoms with E-state index in [-0.39, 0.29) is 23.0 Å². The molecule has 0 aliphatic heterocycles. The Bertz CT molecular complexity index is 872. The van der Waals surface area contributed by atoms with Gasteiger partial charge in [-0.05, 0) is 41.8 Å². The summed E-state index contributed by atoms with van der Waals surface area (Å²) < 4.78 is 10.2. The van der Waals surface area contributed by atoms with Crippen molar-refractivity contribution >= 4 is 17.0 Å². The Morgan fingerprint density at radius 1 is 1.12 bits per heavy atom. The third-order valence-corrected chi connectivity index (χ3v) is 4.18. The van der Waals surface area contributed by atoms with Gasteiger partial charge in [-0.2, -0.15) is 0 Å². The van der Waals surface area contributed by atoms with Crippen LogP contribution in [-0.4, -0.2) is 25.1 Å². The first kappa shape index (κ1) is 16.6. The quantitative estimate of drug-likeness (QED) is 0.644. The SMILES string of the molecule is COc1cc(C(=O)c2cc(C3=CC=CC3)ccc2N)cc(OC)c1O. The minimum absolute atomic E-state index is 0.148. The fourth-order valence-corrected chi connectivity index (χ4v) is 2.79. The van der Waals surface area contributed by atoms with E-state index in [1.54, 1.807) is 12.1 Å². The van der Waals surface area contributed by atoms with Crippen LogP contribution in [0, 0.1) is 0 Å². The number of hydrogen-bond acceptors (Lipinski definition) is 5. The van der Waals surface area contributed by atoms with Crippen LogP contribution in [0.1, 0.15) is 27.9 Å². The van der Waals surface area contributed by atoms with Crippen LogP contribution in [0.15, 0.2) is 48.6 Å². The zero-order valence-corrected chi connectivity index (χ0v) is 14.1. The maximum absolute atomic E-state index is 13.0. The van der Waals surface area contributed by atoms with Gasteiger partial charge in [0.25, 0.3) is 0 Å². The molecule has 5 nitrogen and oxygen atoms in total. The van der Waals surface area contributed by atoms with Crippen molar-refractivity contribution in [2.45, 2.75) is 6.42 Å². The second-order valence-corrected chi connectivity index (χ2v) is 5.68. The number of ether oxygens (including phenoxy) is 2. The number of phenolic OH excluding ortho intramolecular Hbond substituents is 1. The summed E-state index contributed by atoms with van der Waals surface area (Å²) in [6.45, 7) is 0. The van der Waals surface area contributed by atoms with E-state index in [1.807, 2.05) is 18.2 Å². The summed E-state index contributed by atoms with van der Waals surface area (Å²) >= 11 is 0. The van der Waals surface area contributed by atoms with Crippen molar-refractivity contribution in [1.29, 1.82) is 0 Å². The monoisotopic (exact) mass is 337 g/mol. The summed E-state index contributed by atoms with van der Waals surface area (Å²) in [4.78, 5) is 13.0. The molecule has 5 heteroatoms. The first-order valence-corrected chi connectivity index (χ1v) is 7.80. The molecule has 0 heterocycles. The van der Waals surface area contributed by atoms with Gasteiger partial charge in [0, 0.05) is 16.8 Å². The molecule has 3 N–H and O–H groups in total. The summed E-state index contributed by atoms with van der Waals surface area (Å²) in [6, 6.07) is 8.38. The Hall–Kier alpha value is -3.21. The van der Waals surface area contributed by atoms with Crippen molar-refractivity contribution in [1.82, 2.24) is 0 Å².